The number of hydrogen-bond donors (Lipinski definition) is 0. The fourth-order valence-corrected chi connectivity index (χ4v) is 3.21. The van der Waals surface area contributed by atoms with Crippen LogP contribution >= 0.6 is 11.6 Å². The van der Waals surface area contributed by atoms with Crippen LogP contribution in [0.2, 0.25) is 5.02 Å². The second kappa shape index (κ2) is 7.19. The van der Waals surface area contributed by atoms with E-state index >= 15 is 0 Å². The van der Waals surface area contributed by atoms with Crippen molar-refractivity contribution in [1.82, 2.24) is 0 Å². The number of rotatable bonds is 4. The molecule has 0 radical (unpaired) electrons. The van der Waals surface area contributed by atoms with E-state index in [4.69, 9.17) is 16.3 Å². The number of hydrogen-bond acceptors (Lipinski definition) is 2. The van der Waals surface area contributed by atoms with Crippen molar-refractivity contribution < 1.29 is 9.53 Å². The van der Waals surface area contributed by atoms with Gasteiger partial charge < -0.3 is 4.74 Å². The van der Waals surface area contributed by atoms with Crippen LogP contribution in [0.4, 0.5) is 0 Å². The van der Waals surface area contributed by atoms with Gasteiger partial charge in [0.1, 0.15) is 12.4 Å². The highest BCUT2D eigenvalue weighted by Gasteiger charge is 2.23. The molecule has 1 aliphatic rings. The van der Waals surface area contributed by atoms with Crippen molar-refractivity contribution in [3.63, 3.8) is 0 Å². The van der Waals surface area contributed by atoms with Gasteiger partial charge in [0.25, 0.3) is 0 Å². The van der Waals surface area contributed by atoms with Crippen LogP contribution in [0.5, 0.6) is 5.75 Å². The normalized spacial score (nSPS) is 14.5. The Labute approximate surface area is 157 Å². The lowest BCUT2D eigenvalue weighted by Gasteiger charge is -2.07. The average molecular weight is 361 g/mol. The van der Waals surface area contributed by atoms with Gasteiger partial charge in [-0.2, -0.15) is 0 Å². The first-order valence-corrected chi connectivity index (χ1v) is 8.87. The number of Topliss-reactive ketones (excluding diaryl/α,β-unsaturated/α-hetero) is 1. The summed E-state index contributed by atoms with van der Waals surface area (Å²) in [4.78, 5) is 12.4. The van der Waals surface area contributed by atoms with Crippen molar-refractivity contribution >= 4 is 23.5 Å². The Morgan fingerprint density at radius 1 is 0.923 bits per heavy atom. The first kappa shape index (κ1) is 16.6. The van der Waals surface area contributed by atoms with Crippen molar-refractivity contribution in [2.24, 2.45) is 0 Å². The highest BCUT2D eigenvalue weighted by atomic mass is 35.5. The van der Waals surface area contributed by atoms with Crippen molar-refractivity contribution in [3.8, 4) is 5.75 Å². The summed E-state index contributed by atoms with van der Waals surface area (Å²) < 4.78 is 5.80. The second-order valence-corrected chi connectivity index (χ2v) is 6.75. The lowest BCUT2D eigenvalue weighted by atomic mass is 10.1. The summed E-state index contributed by atoms with van der Waals surface area (Å²) in [6.45, 7) is 0.491. The van der Waals surface area contributed by atoms with Crippen molar-refractivity contribution in [3.05, 3.63) is 106 Å². The first-order chi connectivity index (χ1) is 12.7. The Hall–Kier alpha value is -2.84. The van der Waals surface area contributed by atoms with E-state index in [-0.39, 0.29) is 5.78 Å². The monoisotopic (exact) mass is 360 g/mol. The average Bonchev–Trinajstić information content (AvgIpc) is 2.98. The van der Waals surface area contributed by atoms with Crippen LogP contribution in [-0.4, -0.2) is 5.78 Å². The molecule has 0 saturated carbocycles. The quantitative estimate of drug-likeness (QED) is 0.554. The smallest absolute Gasteiger partial charge is 0.189 e. The maximum atomic E-state index is 12.4. The molecule has 0 aliphatic heterocycles. The highest BCUT2D eigenvalue weighted by molar-refractivity contribution is 6.30. The van der Waals surface area contributed by atoms with Gasteiger partial charge in [-0.1, -0.05) is 60.1 Å². The third-order valence-electron chi connectivity index (χ3n) is 4.47. The van der Waals surface area contributed by atoms with Gasteiger partial charge in [-0.15, -0.1) is 0 Å². The lowest BCUT2D eigenvalue weighted by Crippen LogP contribution is -1.96. The number of carbonyl (C=O) groups is 1. The van der Waals surface area contributed by atoms with Crippen LogP contribution in [0, 0.1) is 0 Å². The number of allylic oxidation sites excluding steroid dienone is 1. The number of ether oxygens (including phenoxy) is 1. The van der Waals surface area contributed by atoms with E-state index in [1.807, 2.05) is 78.9 Å². The Morgan fingerprint density at radius 2 is 1.65 bits per heavy atom. The molecule has 128 valence electrons. The van der Waals surface area contributed by atoms with E-state index in [9.17, 15) is 4.79 Å². The number of carbonyl (C=O) groups excluding carboxylic acids is 1. The summed E-state index contributed by atoms with van der Waals surface area (Å²) in [5, 5.41) is 0.717. The molecule has 3 heteroatoms. The van der Waals surface area contributed by atoms with Gasteiger partial charge in [-0.05, 0) is 47.0 Å². The van der Waals surface area contributed by atoms with Crippen LogP contribution in [0.25, 0.3) is 6.08 Å². The zero-order valence-electron chi connectivity index (χ0n) is 14.1. The molecule has 0 amide bonds. The number of benzene rings is 3. The van der Waals surface area contributed by atoms with Gasteiger partial charge in [0.2, 0.25) is 0 Å². The van der Waals surface area contributed by atoms with E-state index in [1.54, 1.807) is 0 Å². The Kier molecular flexibility index (Phi) is 4.59. The molecule has 3 aromatic carbocycles. The summed E-state index contributed by atoms with van der Waals surface area (Å²) in [6.07, 6.45) is 2.66. The largest absolute Gasteiger partial charge is 0.489 e. The summed E-state index contributed by atoms with van der Waals surface area (Å²) in [7, 11) is 0. The molecular formula is C23H17ClO2. The van der Waals surface area contributed by atoms with Gasteiger partial charge in [0, 0.05) is 22.6 Å². The van der Waals surface area contributed by atoms with Gasteiger partial charge >= 0.3 is 0 Å². The molecule has 26 heavy (non-hydrogen) atoms. The molecule has 1 aliphatic carbocycles. The summed E-state index contributed by atoms with van der Waals surface area (Å²) in [6, 6.07) is 23.2. The zero-order chi connectivity index (χ0) is 17.9. The first-order valence-electron chi connectivity index (χ1n) is 8.49. The van der Waals surface area contributed by atoms with Crippen LogP contribution in [0.3, 0.4) is 0 Å². The minimum Gasteiger partial charge on any atom is -0.489 e. The molecule has 2 nitrogen and oxygen atoms in total. The predicted molar refractivity (Wildman–Crippen MR) is 105 cm³/mol. The van der Waals surface area contributed by atoms with Crippen LogP contribution in [-0.2, 0) is 13.0 Å². The molecule has 0 bridgehead atoms. The van der Waals surface area contributed by atoms with Crippen molar-refractivity contribution in [2.45, 2.75) is 13.0 Å². The van der Waals surface area contributed by atoms with Crippen molar-refractivity contribution in [1.29, 1.82) is 0 Å². The minimum atomic E-state index is 0.128. The van der Waals surface area contributed by atoms with Gasteiger partial charge in [0.15, 0.2) is 5.78 Å². The maximum absolute atomic E-state index is 12.4. The summed E-state index contributed by atoms with van der Waals surface area (Å²) in [5.74, 6) is 0.923. The third-order valence-corrected chi connectivity index (χ3v) is 4.73. The Morgan fingerprint density at radius 3 is 2.38 bits per heavy atom. The topological polar surface area (TPSA) is 26.3 Å². The predicted octanol–water partition coefficient (Wildman–Crippen LogP) is 5.74. The fraction of sp³-hybridized carbons (Fsp3) is 0.0870. The van der Waals surface area contributed by atoms with E-state index < -0.39 is 0 Å². The molecule has 0 unspecified atom stereocenters. The molecule has 0 atom stereocenters. The number of ketones is 1. The number of halogens is 1. The van der Waals surface area contributed by atoms with Gasteiger partial charge in [-0.25, -0.2) is 0 Å². The van der Waals surface area contributed by atoms with E-state index in [1.165, 1.54) is 0 Å². The van der Waals surface area contributed by atoms with Crippen LogP contribution in [0.15, 0.2) is 78.4 Å². The summed E-state index contributed by atoms with van der Waals surface area (Å²) in [5.41, 5.74) is 4.82. The molecule has 0 saturated heterocycles. The van der Waals surface area contributed by atoms with Crippen molar-refractivity contribution in [2.75, 3.05) is 0 Å². The van der Waals surface area contributed by atoms with Gasteiger partial charge in [-0.3, -0.25) is 4.79 Å². The second-order valence-electron chi connectivity index (χ2n) is 6.32. The molecule has 4 rings (SSSR count). The zero-order valence-corrected chi connectivity index (χ0v) is 14.9. The van der Waals surface area contributed by atoms with Gasteiger partial charge in [0.05, 0.1) is 0 Å². The molecular weight excluding hydrogens is 344 g/mol. The maximum Gasteiger partial charge on any atom is 0.189 e. The molecule has 0 heterocycles. The van der Waals surface area contributed by atoms with E-state index in [0.717, 1.165) is 38.6 Å². The number of fused-ring (bicyclic) bond motifs is 1. The highest BCUT2D eigenvalue weighted by Crippen LogP contribution is 2.28. The van der Waals surface area contributed by atoms with E-state index in [0.29, 0.717) is 13.0 Å². The van der Waals surface area contributed by atoms with E-state index in [2.05, 4.69) is 0 Å². The molecule has 0 fully saturated rings. The third kappa shape index (κ3) is 3.56. The Bertz CT molecular complexity index is 970. The molecule has 0 aromatic heterocycles. The SMILES string of the molecule is O=C1/C(=C/c2ccc(OCc3ccc(Cl)cc3)cc2)Cc2ccccc21. The molecule has 0 spiro atoms. The minimum absolute atomic E-state index is 0.128. The lowest BCUT2D eigenvalue weighted by molar-refractivity contribution is 0.104. The Balaban J connectivity index is 1.43. The van der Waals surface area contributed by atoms with Crippen LogP contribution in [0.1, 0.15) is 27.0 Å². The standard InChI is InChI=1S/C23H17ClO2/c24-20-9-5-17(6-10-20)15-26-21-11-7-16(8-12-21)13-19-14-18-3-1-2-4-22(18)23(19)25/h1-13H,14-15H2/b19-13+. The molecule has 0 N–H and O–H groups in total. The summed E-state index contributed by atoms with van der Waals surface area (Å²) >= 11 is 5.89. The fourth-order valence-electron chi connectivity index (χ4n) is 3.08. The van der Waals surface area contributed by atoms with Crippen LogP contribution < -0.4 is 4.74 Å². The molecule has 3 aromatic rings.